The average Bonchev–Trinajstić information content (AvgIpc) is 2.20. The number of rotatable bonds is 4. The van der Waals surface area contributed by atoms with Crippen molar-refractivity contribution in [3.63, 3.8) is 0 Å². The number of halogens is 1. The van der Waals surface area contributed by atoms with Gasteiger partial charge in [-0.3, -0.25) is 4.79 Å². The van der Waals surface area contributed by atoms with Gasteiger partial charge in [0.25, 0.3) is 0 Å². The van der Waals surface area contributed by atoms with Crippen LogP contribution in [0.4, 0.5) is 5.69 Å². The monoisotopic (exact) mass is 244 g/mol. The van der Waals surface area contributed by atoms with Gasteiger partial charge in [0.05, 0.1) is 6.61 Å². The van der Waals surface area contributed by atoms with Crippen LogP contribution in [0.5, 0.6) is 0 Å². The van der Waals surface area contributed by atoms with Crippen LogP contribution in [-0.2, 0) is 11.2 Å². The molecule has 0 aromatic heterocycles. The summed E-state index contributed by atoms with van der Waals surface area (Å²) in [6.45, 7) is 1.45. The first-order valence-electron chi connectivity index (χ1n) is 4.85. The third-order valence-corrected chi connectivity index (χ3v) is 2.01. The molecule has 0 saturated carbocycles. The fourth-order valence-electron chi connectivity index (χ4n) is 1.29. The summed E-state index contributed by atoms with van der Waals surface area (Å²) in [5, 5.41) is 11.5. The molecule has 1 atom stereocenters. The van der Waals surface area contributed by atoms with Crippen molar-refractivity contribution in [2.24, 2.45) is 5.73 Å². The van der Waals surface area contributed by atoms with Crippen molar-refractivity contribution in [2.75, 3.05) is 11.9 Å². The van der Waals surface area contributed by atoms with Gasteiger partial charge in [-0.1, -0.05) is 12.1 Å². The molecule has 0 spiro atoms. The van der Waals surface area contributed by atoms with E-state index in [0.717, 1.165) is 11.3 Å². The van der Waals surface area contributed by atoms with Gasteiger partial charge in [0.15, 0.2) is 0 Å². The zero-order chi connectivity index (χ0) is 11.3. The lowest BCUT2D eigenvalue weighted by Crippen LogP contribution is -2.26. The molecule has 0 aliphatic carbocycles. The SMILES string of the molecule is CC(=O)Nc1ccc(CC(N)CO)cc1.Cl. The van der Waals surface area contributed by atoms with Crippen molar-refractivity contribution < 1.29 is 9.90 Å². The first-order valence-corrected chi connectivity index (χ1v) is 4.85. The Hall–Kier alpha value is -1.10. The molecule has 1 rings (SSSR count). The number of nitrogens with one attached hydrogen (secondary N) is 1. The van der Waals surface area contributed by atoms with Crippen molar-refractivity contribution >= 4 is 24.0 Å². The summed E-state index contributed by atoms with van der Waals surface area (Å²) in [5.41, 5.74) is 7.42. The van der Waals surface area contributed by atoms with E-state index < -0.39 is 0 Å². The second-order valence-corrected chi connectivity index (χ2v) is 3.52. The molecule has 4 N–H and O–H groups in total. The average molecular weight is 245 g/mol. The minimum Gasteiger partial charge on any atom is -0.395 e. The van der Waals surface area contributed by atoms with Crippen LogP contribution in [0.2, 0.25) is 0 Å². The second kappa shape index (κ2) is 7.22. The Kier molecular flexibility index (Phi) is 6.72. The number of aliphatic hydroxyl groups excluding tert-OH is 1. The van der Waals surface area contributed by atoms with Crippen molar-refractivity contribution in [1.29, 1.82) is 0 Å². The number of carbonyl (C=O) groups excluding carboxylic acids is 1. The third-order valence-electron chi connectivity index (χ3n) is 2.01. The smallest absolute Gasteiger partial charge is 0.221 e. The van der Waals surface area contributed by atoms with Crippen LogP contribution in [0.3, 0.4) is 0 Å². The molecule has 0 aliphatic rings. The third kappa shape index (κ3) is 5.11. The van der Waals surface area contributed by atoms with Crippen LogP contribution in [0.25, 0.3) is 0 Å². The number of hydrogen-bond acceptors (Lipinski definition) is 3. The van der Waals surface area contributed by atoms with Crippen molar-refractivity contribution in [2.45, 2.75) is 19.4 Å². The summed E-state index contributed by atoms with van der Waals surface area (Å²) >= 11 is 0. The molecule has 1 unspecified atom stereocenters. The zero-order valence-corrected chi connectivity index (χ0v) is 9.96. The summed E-state index contributed by atoms with van der Waals surface area (Å²) in [5.74, 6) is -0.0881. The minimum absolute atomic E-state index is 0. The molecular weight excluding hydrogens is 228 g/mol. The van der Waals surface area contributed by atoms with E-state index in [1.807, 2.05) is 24.3 Å². The van der Waals surface area contributed by atoms with Crippen molar-refractivity contribution in [3.8, 4) is 0 Å². The predicted molar refractivity (Wildman–Crippen MR) is 66.8 cm³/mol. The predicted octanol–water partition coefficient (Wildman–Crippen LogP) is 0.929. The fraction of sp³-hybridized carbons (Fsp3) is 0.364. The molecule has 5 heteroatoms. The van der Waals surface area contributed by atoms with E-state index in [1.54, 1.807) is 0 Å². The van der Waals surface area contributed by atoms with Gasteiger partial charge >= 0.3 is 0 Å². The molecule has 0 aliphatic heterocycles. The molecule has 0 bridgehead atoms. The van der Waals surface area contributed by atoms with E-state index in [1.165, 1.54) is 6.92 Å². The molecule has 0 fully saturated rings. The molecule has 1 aromatic carbocycles. The van der Waals surface area contributed by atoms with E-state index in [4.69, 9.17) is 10.8 Å². The fourth-order valence-corrected chi connectivity index (χ4v) is 1.29. The highest BCUT2D eigenvalue weighted by Crippen LogP contribution is 2.10. The molecule has 4 nitrogen and oxygen atoms in total. The molecule has 0 radical (unpaired) electrons. The lowest BCUT2D eigenvalue weighted by atomic mass is 10.1. The van der Waals surface area contributed by atoms with Gasteiger partial charge in [-0.25, -0.2) is 0 Å². The Balaban J connectivity index is 0.00000225. The normalized spacial score (nSPS) is 11.4. The summed E-state index contributed by atoms with van der Waals surface area (Å²) in [6.07, 6.45) is 0.636. The van der Waals surface area contributed by atoms with E-state index >= 15 is 0 Å². The van der Waals surface area contributed by atoms with Crippen LogP contribution in [0.15, 0.2) is 24.3 Å². The summed E-state index contributed by atoms with van der Waals surface area (Å²) in [6, 6.07) is 7.19. The highest BCUT2D eigenvalue weighted by atomic mass is 35.5. The molecular formula is C11H17ClN2O2. The van der Waals surface area contributed by atoms with E-state index in [9.17, 15) is 4.79 Å². The zero-order valence-electron chi connectivity index (χ0n) is 9.14. The highest BCUT2D eigenvalue weighted by molar-refractivity contribution is 5.88. The Labute approximate surface area is 101 Å². The lowest BCUT2D eigenvalue weighted by molar-refractivity contribution is -0.114. The lowest BCUT2D eigenvalue weighted by Gasteiger charge is -2.08. The Bertz CT molecular complexity index is 327. The van der Waals surface area contributed by atoms with Gasteiger partial charge in [-0.2, -0.15) is 0 Å². The highest BCUT2D eigenvalue weighted by Gasteiger charge is 2.02. The van der Waals surface area contributed by atoms with Crippen molar-refractivity contribution in [3.05, 3.63) is 29.8 Å². The molecule has 0 heterocycles. The van der Waals surface area contributed by atoms with Gasteiger partial charge in [0, 0.05) is 18.7 Å². The quantitative estimate of drug-likeness (QED) is 0.738. The Morgan fingerprint density at radius 1 is 1.44 bits per heavy atom. The maximum Gasteiger partial charge on any atom is 0.221 e. The van der Waals surface area contributed by atoms with E-state index in [-0.39, 0.29) is 31.0 Å². The second-order valence-electron chi connectivity index (χ2n) is 3.52. The molecule has 1 amide bonds. The minimum atomic E-state index is -0.225. The molecule has 90 valence electrons. The number of anilines is 1. The topological polar surface area (TPSA) is 75.4 Å². The summed E-state index contributed by atoms with van der Waals surface area (Å²) < 4.78 is 0. The number of amides is 1. The first kappa shape index (κ1) is 14.9. The molecule has 1 aromatic rings. The van der Waals surface area contributed by atoms with Crippen molar-refractivity contribution in [1.82, 2.24) is 0 Å². The largest absolute Gasteiger partial charge is 0.395 e. The van der Waals surface area contributed by atoms with Crippen LogP contribution < -0.4 is 11.1 Å². The Morgan fingerprint density at radius 3 is 2.44 bits per heavy atom. The molecule has 0 saturated heterocycles. The molecule has 16 heavy (non-hydrogen) atoms. The maximum atomic E-state index is 10.8. The summed E-state index contributed by atoms with van der Waals surface area (Å²) in [4.78, 5) is 10.8. The van der Waals surface area contributed by atoms with Crippen LogP contribution >= 0.6 is 12.4 Å². The van der Waals surface area contributed by atoms with Gasteiger partial charge in [-0.15, -0.1) is 12.4 Å². The van der Waals surface area contributed by atoms with Crippen LogP contribution in [0.1, 0.15) is 12.5 Å². The number of hydrogen-bond donors (Lipinski definition) is 3. The van der Waals surface area contributed by atoms with Crippen LogP contribution in [0, 0.1) is 0 Å². The summed E-state index contributed by atoms with van der Waals surface area (Å²) in [7, 11) is 0. The van der Waals surface area contributed by atoms with Gasteiger partial charge in [0.2, 0.25) is 5.91 Å². The number of benzene rings is 1. The van der Waals surface area contributed by atoms with E-state index in [2.05, 4.69) is 5.32 Å². The van der Waals surface area contributed by atoms with E-state index in [0.29, 0.717) is 6.42 Å². The van der Waals surface area contributed by atoms with Gasteiger partial charge in [-0.05, 0) is 24.1 Å². The number of nitrogens with two attached hydrogens (primary N) is 1. The standard InChI is InChI=1S/C11H16N2O2.ClH/c1-8(15)13-11-4-2-9(3-5-11)6-10(12)7-14;/h2-5,10,14H,6-7,12H2,1H3,(H,13,15);1H. The number of aliphatic hydroxyl groups is 1. The van der Waals surface area contributed by atoms with Crippen LogP contribution in [-0.4, -0.2) is 23.7 Å². The maximum absolute atomic E-state index is 10.8. The van der Waals surface area contributed by atoms with Gasteiger partial charge in [0.1, 0.15) is 0 Å². The first-order chi connectivity index (χ1) is 7.11. The van der Waals surface area contributed by atoms with Gasteiger partial charge < -0.3 is 16.2 Å². The number of carbonyl (C=O) groups is 1. The Morgan fingerprint density at radius 2 is 2.00 bits per heavy atom.